The van der Waals surface area contributed by atoms with Crippen LogP contribution in [0.2, 0.25) is 0 Å². The van der Waals surface area contributed by atoms with Crippen LogP contribution in [0, 0.1) is 5.82 Å². The fraction of sp³-hybridized carbons (Fsp3) is 0.222. The lowest BCUT2D eigenvalue weighted by Crippen LogP contribution is -2.42. The zero-order valence-electron chi connectivity index (χ0n) is 13.3. The van der Waals surface area contributed by atoms with Crippen LogP contribution in [0.15, 0.2) is 48.5 Å². The Morgan fingerprint density at radius 3 is 2.38 bits per heavy atom. The molecular weight excluding hydrogens is 311 g/mol. The van der Waals surface area contributed by atoms with Crippen LogP contribution in [0.5, 0.6) is 5.75 Å². The molecule has 0 atom stereocenters. The van der Waals surface area contributed by atoms with E-state index in [-0.39, 0.29) is 30.5 Å². The maximum atomic E-state index is 12.8. The summed E-state index contributed by atoms with van der Waals surface area (Å²) in [6, 6.07) is 13.1. The number of ether oxygens (including phenoxy) is 1. The smallest absolute Gasteiger partial charge is 0.242 e. The largest absolute Gasteiger partial charge is 0.496 e. The Morgan fingerprint density at radius 1 is 1.00 bits per heavy atom. The topological polar surface area (TPSA) is 67.4 Å². The van der Waals surface area contributed by atoms with E-state index in [1.54, 1.807) is 7.11 Å². The monoisotopic (exact) mass is 330 g/mol. The minimum atomic E-state index is -0.368. The molecule has 2 N–H and O–H groups in total. The van der Waals surface area contributed by atoms with Gasteiger partial charge in [0.15, 0.2) is 0 Å². The molecule has 2 rings (SSSR count). The van der Waals surface area contributed by atoms with Crippen molar-refractivity contribution in [2.24, 2.45) is 0 Å². The van der Waals surface area contributed by atoms with Crippen molar-refractivity contribution in [2.75, 3.05) is 7.11 Å². The summed E-state index contributed by atoms with van der Waals surface area (Å²) in [6.45, 7) is 0. The lowest BCUT2D eigenvalue weighted by atomic mass is 10.1. The number of para-hydroxylation sites is 1. The Morgan fingerprint density at radius 2 is 1.67 bits per heavy atom. The molecule has 0 aliphatic carbocycles. The molecule has 2 amide bonds. The number of hydrogen-bond acceptors (Lipinski definition) is 3. The predicted molar refractivity (Wildman–Crippen MR) is 87.7 cm³/mol. The minimum absolute atomic E-state index is 0.0626. The van der Waals surface area contributed by atoms with Crippen molar-refractivity contribution < 1.29 is 18.7 Å². The van der Waals surface area contributed by atoms with E-state index in [1.165, 1.54) is 24.3 Å². The van der Waals surface area contributed by atoms with Crippen LogP contribution in [0.4, 0.5) is 4.39 Å². The number of methoxy groups -OCH3 is 1. The second kappa shape index (κ2) is 8.67. The molecule has 0 saturated carbocycles. The standard InChI is InChI=1S/C18H19FN2O3/c1-24-16-5-3-2-4-14(16)8-11-17(22)20-21-18(23)12-13-6-9-15(19)10-7-13/h2-7,9-10H,8,11-12H2,1H3,(H,20,22)(H,21,23). The highest BCUT2D eigenvalue weighted by Gasteiger charge is 2.08. The van der Waals surface area contributed by atoms with Gasteiger partial charge in [-0.05, 0) is 35.7 Å². The van der Waals surface area contributed by atoms with Gasteiger partial charge >= 0.3 is 0 Å². The van der Waals surface area contributed by atoms with Crippen molar-refractivity contribution in [1.82, 2.24) is 10.9 Å². The Balaban J connectivity index is 1.74. The maximum Gasteiger partial charge on any atom is 0.242 e. The number of carbonyl (C=O) groups is 2. The Hall–Kier alpha value is -2.89. The summed E-state index contributed by atoms with van der Waals surface area (Å²) >= 11 is 0. The van der Waals surface area contributed by atoms with E-state index in [1.807, 2.05) is 24.3 Å². The third-order valence-corrected chi connectivity index (χ3v) is 3.43. The molecule has 0 heterocycles. The van der Waals surface area contributed by atoms with E-state index >= 15 is 0 Å². The van der Waals surface area contributed by atoms with Gasteiger partial charge in [-0.15, -0.1) is 0 Å². The van der Waals surface area contributed by atoms with Gasteiger partial charge < -0.3 is 4.74 Å². The third kappa shape index (κ3) is 5.39. The minimum Gasteiger partial charge on any atom is -0.496 e. The average Bonchev–Trinajstić information content (AvgIpc) is 2.60. The van der Waals surface area contributed by atoms with Gasteiger partial charge in [0, 0.05) is 6.42 Å². The van der Waals surface area contributed by atoms with Crippen LogP contribution < -0.4 is 15.6 Å². The highest BCUT2D eigenvalue weighted by Crippen LogP contribution is 2.18. The lowest BCUT2D eigenvalue weighted by molar-refractivity contribution is -0.128. The van der Waals surface area contributed by atoms with E-state index in [0.29, 0.717) is 12.0 Å². The van der Waals surface area contributed by atoms with Crippen molar-refractivity contribution in [3.8, 4) is 5.75 Å². The van der Waals surface area contributed by atoms with Gasteiger partial charge in [-0.2, -0.15) is 0 Å². The van der Waals surface area contributed by atoms with Gasteiger partial charge in [-0.25, -0.2) is 4.39 Å². The maximum absolute atomic E-state index is 12.8. The molecule has 0 spiro atoms. The van der Waals surface area contributed by atoms with E-state index in [0.717, 1.165) is 11.3 Å². The quantitative estimate of drug-likeness (QED) is 0.798. The number of halogens is 1. The SMILES string of the molecule is COc1ccccc1CCC(=O)NNC(=O)Cc1ccc(F)cc1. The van der Waals surface area contributed by atoms with Crippen molar-refractivity contribution in [2.45, 2.75) is 19.3 Å². The molecule has 0 aliphatic rings. The number of carbonyl (C=O) groups excluding carboxylic acids is 2. The van der Waals surface area contributed by atoms with Crippen LogP contribution in [0.3, 0.4) is 0 Å². The van der Waals surface area contributed by atoms with E-state index in [9.17, 15) is 14.0 Å². The molecule has 0 aromatic heterocycles. The summed E-state index contributed by atoms with van der Waals surface area (Å²) in [5.41, 5.74) is 6.30. The van der Waals surface area contributed by atoms with Gasteiger partial charge in [-0.3, -0.25) is 20.4 Å². The van der Waals surface area contributed by atoms with Crippen molar-refractivity contribution in [3.05, 3.63) is 65.5 Å². The third-order valence-electron chi connectivity index (χ3n) is 3.43. The molecule has 24 heavy (non-hydrogen) atoms. The van der Waals surface area contributed by atoms with Crippen molar-refractivity contribution >= 4 is 11.8 Å². The Bertz CT molecular complexity index is 702. The number of hydrazine groups is 1. The molecule has 0 saturated heterocycles. The van der Waals surface area contributed by atoms with Crippen LogP contribution in [-0.2, 0) is 22.4 Å². The van der Waals surface area contributed by atoms with Gasteiger partial charge in [0.25, 0.3) is 0 Å². The summed E-state index contributed by atoms with van der Waals surface area (Å²) in [4.78, 5) is 23.5. The summed E-state index contributed by atoms with van der Waals surface area (Å²) in [7, 11) is 1.58. The fourth-order valence-electron chi connectivity index (χ4n) is 2.19. The zero-order chi connectivity index (χ0) is 17.4. The first-order valence-electron chi connectivity index (χ1n) is 7.52. The molecule has 2 aromatic carbocycles. The molecular formula is C18H19FN2O3. The normalized spacial score (nSPS) is 10.1. The molecule has 0 unspecified atom stereocenters. The molecule has 5 nitrogen and oxygen atoms in total. The molecule has 126 valence electrons. The van der Waals surface area contributed by atoms with E-state index in [2.05, 4.69) is 10.9 Å². The molecule has 2 aromatic rings. The highest BCUT2D eigenvalue weighted by molar-refractivity contribution is 5.83. The Kier molecular flexibility index (Phi) is 6.31. The van der Waals surface area contributed by atoms with Crippen molar-refractivity contribution in [3.63, 3.8) is 0 Å². The zero-order valence-corrected chi connectivity index (χ0v) is 13.3. The summed E-state index contributed by atoms with van der Waals surface area (Å²) in [5, 5.41) is 0. The van der Waals surface area contributed by atoms with Gasteiger partial charge in [-0.1, -0.05) is 30.3 Å². The number of nitrogens with one attached hydrogen (secondary N) is 2. The second-order valence-corrected chi connectivity index (χ2v) is 5.21. The first kappa shape index (κ1) is 17.5. The number of rotatable bonds is 6. The molecule has 6 heteroatoms. The molecule has 0 aliphatic heterocycles. The first-order valence-corrected chi connectivity index (χ1v) is 7.52. The molecule has 0 fully saturated rings. The van der Waals surface area contributed by atoms with Gasteiger partial charge in [0.05, 0.1) is 13.5 Å². The first-order chi connectivity index (χ1) is 11.6. The van der Waals surface area contributed by atoms with E-state index in [4.69, 9.17) is 4.74 Å². The number of aryl methyl sites for hydroxylation is 1. The lowest BCUT2D eigenvalue weighted by Gasteiger charge is -2.09. The molecule has 0 bridgehead atoms. The highest BCUT2D eigenvalue weighted by atomic mass is 19.1. The van der Waals surface area contributed by atoms with Gasteiger partial charge in [0.1, 0.15) is 11.6 Å². The van der Waals surface area contributed by atoms with Crippen LogP contribution >= 0.6 is 0 Å². The fourth-order valence-corrected chi connectivity index (χ4v) is 2.19. The predicted octanol–water partition coefficient (Wildman–Crippen LogP) is 2.16. The molecule has 0 radical (unpaired) electrons. The Labute approximate surface area is 139 Å². The number of amides is 2. The van der Waals surface area contributed by atoms with Crippen LogP contribution in [0.1, 0.15) is 17.5 Å². The number of benzene rings is 2. The average molecular weight is 330 g/mol. The summed E-state index contributed by atoms with van der Waals surface area (Å²) in [6.07, 6.45) is 0.786. The van der Waals surface area contributed by atoms with Crippen LogP contribution in [0.25, 0.3) is 0 Å². The number of hydrogen-bond donors (Lipinski definition) is 2. The summed E-state index contributed by atoms with van der Waals surface area (Å²) < 4.78 is 18.0. The van der Waals surface area contributed by atoms with Crippen LogP contribution in [-0.4, -0.2) is 18.9 Å². The van der Waals surface area contributed by atoms with Crippen molar-refractivity contribution in [1.29, 1.82) is 0 Å². The second-order valence-electron chi connectivity index (χ2n) is 5.21. The van der Waals surface area contributed by atoms with Gasteiger partial charge in [0.2, 0.25) is 11.8 Å². The van der Waals surface area contributed by atoms with E-state index < -0.39 is 0 Å². The summed E-state index contributed by atoms with van der Waals surface area (Å²) in [5.74, 6) is -0.296.